The first kappa shape index (κ1) is 12.4. The molecule has 2 heterocycles. The van der Waals surface area contributed by atoms with E-state index in [0.29, 0.717) is 0 Å². The van der Waals surface area contributed by atoms with Crippen molar-refractivity contribution in [1.82, 2.24) is 15.0 Å². The highest BCUT2D eigenvalue weighted by molar-refractivity contribution is 7.26. The molecule has 5 heteroatoms. The van der Waals surface area contributed by atoms with Crippen molar-refractivity contribution < 1.29 is 4.42 Å². The molecule has 1 unspecified atom stereocenters. The Hall–Kier alpha value is -1.67. The number of hydrogen-bond acceptors (Lipinski definition) is 3. The van der Waals surface area contributed by atoms with E-state index in [-0.39, 0.29) is 5.41 Å². The van der Waals surface area contributed by atoms with Crippen LogP contribution >= 0.6 is 9.24 Å². The van der Waals surface area contributed by atoms with Gasteiger partial charge in [-0.25, -0.2) is 9.97 Å². The van der Waals surface area contributed by atoms with Crippen molar-refractivity contribution in [3.8, 4) is 11.3 Å². The zero-order valence-corrected chi connectivity index (χ0v) is 12.3. The second-order valence-electron chi connectivity index (χ2n) is 5.62. The van der Waals surface area contributed by atoms with E-state index in [1.54, 1.807) is 0 Å². The fraction of sp³-hybridized carbons (Fsp3) is 0.286. The third-order valence-corrected chi connectivity index (χ3v) is 3.47. The lowest BCUT2D eigenvalue weighted by Crippen LogP contribution is -2.11. The molecule has 1 N–H and O–H groups in total. The highest BCUT2D eigenvalue weighted by Gasteiger charge is 2.21. The minimum absolute atomic E-state index is 0.0239. The number of benzene rings is 1. The molecular formula is C14H16N3OP. The van der Waals surface area contributed by atoms with Crippen LogP contribution in [0.2, 0.25) is 0 Å². The molecule has 0 radical (unpaired) electrons. The second kappa shape index (κ2) is 4.17. The molecule has 0 spiro atoms. The number of aromatic amines is 1. The first-order valence-corrected chi connectivity index (χ1v) is 6.72. The second-order valence-corrected chi connectivity index (χ2v) is 6.17. The van der Waals surface area contributed by atoms with E-state index in [4.69, 9.17) is 4.42 Å². The van der Waals surface area contributed by atoms with Gasteiger partial charge < -0.3 is 9.40 Å². The van der Waals surface area contributed by atoms with Gasteiger partial charge in [-0.3, -0.25) is 0 Å². The molecule has 1 atom stereocenters. The van der Waals surface area contributed by atoms with E-state index in [2.05, 4.69) is 57.1 Å². The molecule has 0 aliphatic heterocycles. The van der Waals surface area contributed by atoms with Crippen LogP contribution in [-0.2, 0) is 5.41 Å². The molecule has 3 rings (SSSR count). The number of imidazole rings is 1. The highest BCUT2D eigenvalue weighted by atomic mass is 31.0. The Balaban J connectivity index is 2.27. The average Bonchev–Trinajstić information content (AvgIpc) is 2.94. The molecular weight excluding hydrogens is 257 g/mol. The predicted molar refractivity (Wildman–Crippen MR) is 79.6 cm³/mol. The van der Waals surface area contributed by atoms with Crippen LogP contribution in [0, 0.1) is 0 Å². The van der Waals surface area contributed by atoms with Crippen molar-refractivity contribution in [2.24, 2.45) is 0 Å². The summed E-state index contributed by atoms with van der Waals surface area (Å²) in [5.41, 5.74) is 5.69. The van der Waals surface area contributed by atoms with Crippen LogP contribution in [0.5, 0.6) is 0 Å². The molecule has 4 nitrogen and oxygen atoms in total. The van der Waals surface area contributed by atoms with Crippen molar-refractivity contribution >= 4 is 25.9 Å². The summed E-state index contributed by atoms with van der Waals surface area (Å²) >= 11 is 0. The number of oxazole rings is 1. The molecule has 0 amide bonds. The van der Waals surface area contributed by atoms with Gasteiger partial charge >= 0.3 is 0 Å². The van der Waals surface area contributed by atoms with Crippen LogP contribution in [0.1, 0.15) is 26.3 Å². The van der Waals surface area contributed by atoms with Gasteiger partial charge in [-0.05, 0) is 5.41 Å². The summed E-state index contributed by atoms with van der Waals surface area (Å²) in [6.45, 7) is 6.50. The van der Waals surface area contributed by atoms with Crippen LogP contribution in [0.4, 0.5) is 0 Å². The molecule has 1 aromatic carbocycles. The van der Waals surface area contributed by atoms with Gasteiger partial charge in [-0.1, -0.05) is 42.1 Å². The Morgan fingerprint density at radius 1 is 1.21 bits per heavy atom. The van der Waals surface area contributed by atoms with E-state index < -0.39 is 0 Å². The fourth-order valence-electron chi connectivity index (χ4n) is 2.23. The largest absolute Gasteiger partial charge is 0.443 e. The van der Waals surface area contributed by atoms with Crippen molar-refractivity contribution in [3.05, 3.63) is 30.3 Å². The normalized spacial score (nSPS) is 12.2. The van der Waals surface area contributed by atoms with Gasteiger partial charge in [0.05, 0.1) is 11.9 Å². The Kier molecular flexibility index (Phi) is 2.72. The summed E-state index contributed by atoms with van der Waals surface area (Å²) in [5.74, 6) is 0. The molecule has 0 fully saturated rings. The molecule has 2 aromatic heterocycles. The topological polar surface area (TPSA) is 54.7 Å². The lowest BCUT2D eigenvalue weighted by Gasteiger charge is -2.19. The summed E-state index contributed by atoms with van der Waals surface area (Å²) in [6.07, 6.45) is 3.31. The summed E-state index contributed by atoms with van der Waals surface area (Å²) in [5, 5.41) is 0. The van der Waals surface area contributed by atoms with Crippen LogP contribution in [0.15, 0.2) is 29.1 Å². The number of fused-ring (bicyclic) bond motifs is 1. The standard InChI is InChI=1S/C14H16N3OP/c1-14(2,3)9-5-4-8(10-6-15-13(19)17-10)11-12(9)18-7-16-11/h4-7H,19H2,1-3H3,(H,15,17). The van der Waals surface area contributed by atoms with Gasteiger partial charge in [0.15, 0.2) is 12.0 Å². The van der Waals surface area contributed by atoms with Crippen molar-refractivity contribution in [2.75, 3.05) is 0 Å². The van der Waals surface area contributed by atoms with E-state index >= 15 is 0 Å². The summed E-state index contributed by atoms with van der Waals surface area (Å²) in [4.78, 5) is 11.8. The number of hydrogen-bond donors (Lipinski definition) is 1. The maximum Gasteiger partial charge on any atom is 0.182 e. The maximum atomic E-state index is 5.59. The minimum Gasteiger partial charge on any atom is -0.443 e. The van der Waals surface area contributed by atoms with Gasteiger partial charge in [-0.15, -0.1) is 0 Å². The Bertz CT molecular complexity index is 737. The monoisotopic (exact) mass is 273 g/mol. The van der Waals surface area contributed by atoms with Crippen LogP contribution in [-0.4, -0.2) is 15.0 Å². The quantitative estimate of drug-likeness (QED) is 0.693. The van der Waals surface area contributed by atoms with Crippen LogP contribution in [0.25, 0.3) is 22.4 Å². The number of aromatic nitrogens is 3. The number of H-pyrrole nitrogens is 1. The van der Waals surface area contributed by atoms with Crippen molar-refractivity contribution in [1.29, 1.82) is 0 Å². The zero-order valence-electron chi connectivity index (χ0n) is 11.2. The number of nitrogens with zero attached hydrogens (tertiary/aromatic N) is 2. The van der Waals surface area contributed by atoms with Crippen LogP contribution in [0.3, 0.4) is 0 Å². The van der Waals surface area contributed by atoms with Gasteiger partial charge in [0.2, 0.25) is 0 Å². The number of rotatable bonds is 1. The van der Waals surface area contributed by atoms with Crippen molar-refractivity contribution in [3.63, 3.8) is 0 Å². The van der Waals surface area contributed by atoms with Gasteiger partial charge in [0, 0.05) is 11.1 Å². The highest BCUT2D eigenvalue weighted by Crippen LogP contribution is 2.34. The van der Waals surface area contributed by atoms with Gasteiger partial charge in [0.25, 0.3) is 0 Å². The first-order valence-electron chi connectivity index (χ1n) is 6.14. The first-order chi connectivity index (χ1) is 8.97. The maximum absolute atomic E-state index is 5.59. The van der Waals surface area contributed by atoms with E-state index in [0.717, 1.165) is 33.5 Å². The minimum atomic E-state index is 0.0239. The molecule has 98 valence electrons. The SMILES string of the molecule is CC(C)(C)c1ccc(-c2cnc(P)[nH]2)c2ncoc12. The van der Waals surface area contributed by atoms with E-state index in [1.807, 2.05) is 6.20 Å². The van der Waals surface area contributed by atoms with Gasteiger partial charge in [-0.2, -0.15) is 0 Å². The van der Waals surface area contributed by atoms with E-state index in [1.165, 1.54) is 6.39 Å². The predicted octanol–water partition coefficient (Wildman–Crippen LogP) is 3.02. The molecule has 0 saturated heterocycles. The molecule has 0 bridgehead atoms. The summed E-state index contributed by atoms with van der Waals surface area (Å²) < 4.78 is 5.59. The third kappa shape index (κ3) is 2.06. The Morgan fingerprint density at radius 3 is 2.63 bits per heavy atom. The Morgan fingerprint density at radius 2 is 2.00 bits per heavy atom. The zero-order chi connectivity index (χ0) is 13.6. The van der Waals surface area contributed by atoms with Gasteiger partial charge in [0.1, 0.15) is 11.1 Å². The third-order valence-electron chi connectivity index (χ3n) is 3.18. The Labute approximate surface area is 113 Å². The molecule has 0 aliphatic carbocycles. The number of nitrogens with one attached hydrogen (secondary N) is 1. The van der Waals surface area contributed by atoms with Crippen LogP contribution < -0.4 is 5.57 Å². The molecule has 3 aromatic rings. The summed E-state index contributed by atoms with van der Waals surface area (Å²) in [6, 6.07) is 4.18. The summed E-state index contributed by atoms with van der Waals surface area (Å²) in [7, 11) is 2.55. The smallest absolute Gasteiger partial charge is 0.182 e. The molecule has 0 aliphatic rings. The fourth-order valence-corrected chi connectivity index (χ4v) is 2.46. The molecule has 19 heavy (non-hydrogen) atoms. The van der Waals surface area contributed by atoms with Crippen molar-refractivity contribution in [2.45, 2.75) is 26.2 Å². The average molecular weight is 273 g/mol. The lowest BCUT2D eigenvalue weighted by atomic mass is 9.85. The van der Waals surface area contributed by atoms with E-state index in [9.17, 15) is 0 Å². The molecule has 0 saturated carbocycles. The lowest BCUT2D eigenvalue weighted by molar-refractivity contribution is 0.554.